The van der Waals surface area contributed by atoms with E-state index in [1.54, 1.807) is 12.1 Å². The average molecular weight is 394 g/mol. The van der Waals surface area contributed by atoms with Gasteiger partial charge in [0.1, 0.15) is 5.82 Å². The monoisotopic (exact) mass is 393 g/mol. The Morgan fingerprint density at radius 1 is 0.867 bits per heavy atom. The summed E-state index contributed by atoms with van der Waals surface area (Å²) in [6.07, 6.45) is 11.9. The maximum absolute atomic E-state index is 13.7. The quantitative estimate of drug-likeness (QED) is 0.408. The number of fused-ring (bicyclic) bond motifs is 6. The van der Waals surface area contributed by atoms with E-state index in [2.05, 4.69) is 59.5 Å². The Kier molecular flexibility index (Phi) is 3.42. The van der Waals surface area contributed by atoms with Gasteiger partial charge in [-0.1, -0.05) is 60.7 Å². The lowest BCUT2D eigenvalue weighted by Gasteiger charge is -2.51. The first kappa shape index (κ1) is 16.9. The molecule has 3 aromatic rings. The highest BCUT2D eigenvalue weighted by atomic mass is 19.1. The van der Waals surface area contributed by atoms with Gasteiger partial charge in [0, 0.05) is 24.1 Å². The lowest BCUT2D eigenvalue weighted by Crippen LogP contribution is -2.46. The summed E-state index contributed by atoms with van der Waals surface area (Å²) in [5, 5.41) is 2.77. The van der Waals surface area contributed by atoms with Gasteiger partial charge < -0.3 is 4.90 Å². The van der Waals surface area contributed by atoms with Crippen molar-refractivity contribution >= 4 is 16.5 Å². The first-order valence-corrected chi connectivity index (χ1v) is 11.2. The van der Waals surface area contributed by atoms with E-state index < -0.39 is 0 Å². The number of halogens is 1. The average Bonchev–Trinajstić information content (AvgIpc) is 3.44. The molecule has 3 aromatic carbocycles. The second-order valence-electron chi connectivity index (χ2n) is 9.40. The molecule has 0 radical (unpaired) electrons. The summed E-state index contributed by atoms with van der Waals surface area (Å²) in [5.74, 6) is 1.95. The van der Waals surface area contributed by atoms with Crippen LogP contribution in [0, 0.1) is 17.7 Å². The maximum atomic E-state index is 13.7. The lowest BCUT2D eigenvalue weighted by molar-refractivity contribution is 0.336. The van der Waals surface area contributed by atoms with Gasteiger partial charge in [-0.25, -0.2) is 4.39 Å². The Labute approximate surface area is 176 Å². The summed E-state index contributed by atoms with van der Waals surface area (Å²) in [6, 6.07) is 19.0. The Morgan fingerprint density at radius 2 is 1.67 bits per heavy atom. The van der Waals surface area contributed by atoms with Crippen molar-refractivity contribution < 1.29 is 4.39 Å². The van der Waals surface area contributed by atoms with Gasteiger partial charge in [-0.05, 0) is 70.3 Å². The molecular formula is C28H24FN. The van der Waals surface area contributed by atoms with E-state index >= 15 is 0 Å². The Bertz CT molecular complexity index is 1220. The van der Waals surface area contributed by atoms with Crippen molar-refractivity contribution in [1.82, 2.24) is 0 Å². The van der Waals surface area contributed by atoms with Gasteiger partial charge in [-0.3, -0.25) is 0 Å². The fourth-order valence-electron chi connectivity index (χ4n) is 6.77. The number of nitrogens with zero attached hydrogens (tertiary/aromatic N) is 1. The molecular weight excluding hydrogens is 369 g/mol. The van der Waals surface area contributed by atoms with E-state index in [0.29, 0.717) is 29.7 Å². The summed E-state index contributed by atoms with van der Waals surface area (Å²) in [5.41, 5.74) is 5.74. The highest BCUT2D eigenvalue weighted by molar-refractivity contribution is 5.94. The van der Waals surface area contributed by atoms with Gasteiger partial charge in [0.2, 0.25) is 0 Å². The number of benzene rings is 3. The van der Waals surface area contributed by atoms with Crippen LogP contribution in [-0.2, 0) is 0 Å². The first-order valence-electron chi connectivity index (χ1n) is 11.2. The third-order valence-corrected chi connectivity index (χ3v) is 7.96. The summed E-state index contributed by atoms with van der Waals surface area (Å²) >= 11 is 0. The smallest absolute Gasteiger partial charge is 0.123 e. The van der Waals surface area contributed by atoms with Crippen molar-refractivity contribution in [1.29, 1.82) is 0 Å². The molecule has 0 saturated carbocycles. The van der Waals surface area contributed by atoms with Crippen LogP contribution in [0.1, 0.15) is 47.4 Å². The molecule has 1 nitrogen and oxygen atoms in total. The Hall–Kier alpha value is -2.87. The van der Waals surface area contributed by atoms with Crippen molar-refractivity contribution in [3.8, 4) is 0 Å². The SMILES string of the molecule is Fc1ccc(C2C3CC=CC3c3c4c(cc5ccccc35)C3C=CCC3CN42)cc1. The molecule has 5 atom stereocenters. The van der Waals surface area contributed by atoms with Crippen molar-refractivity contribution in [3.63, 3.8) is 0 Å². The minimum Gasteiger partial charge on any atom is -0.363 e. The lowest BCUT2D eigenvalue weighted by atomic mass is 9.69. The zero-order chi connectivity index (χ0) is 19.8. The van der Waals surface area contributed by atoms with Crippen molar-refractivity contribution in [2.45, 2.75) is 30.7 Å². The van der Waals surface area contributed by atoms with Crippen LogP contribution in [0.25, 0.3) is 10.8 Å². The third-order valence-electron chi connectivity index (χ3n) is 7.96. The number of rotatable bonds is 1. The normalized spacial score (nSPS) is 30.4. The third kappa shape index (κ3) is 2.17. The molecule has 0 aromatic heterocycles. The summed E-state index contributed by atoms with van der Waals surface area (Å²) in [4.78, 5) is 2.70. The van der Waals surface area contributed by atoms with Crippen molar-refractivity contribution in [3.05, 3.63) is 101 Å². The fraction of sp³-hybridized carbons (Fsp3) is 0.286. The second-order valence-corrected chi connectivity index (χ2v) is 9.40. The zero-order valence-electron chi connectivity index (χ0n) is 16.8. The van der Waals surface area contributed by atoms with E-state index in [1.165, 1.54) is 33.2 Å². The molecule has 2 aliphatic heterocycles. The van der Waals surface area contributed by atoms with Crippen LogP contribution in [0.15, 0.2) is 78.9 Å². The van der Waals surface area contributed by atoms with Crippen LogP contribution in [0.4, 0.5) is 10.1 Å². The minimum atomic E-state index is -0.151. The summed E-state index contributed by atoms with van der Waals surface area (Å²) in [6.45, 7) is 1.08. The predicted molar refractivity (Wildman–Crippen MR) is 120 cm³/mol. The molecule has 0 N–H and O–H groups in total. The summed E-state index contributed by atoms with van der Waals surface area (Å²) in [7, 11) is 0. The molecule has 0 fully saturated rings. The molecule has 0 saturated heterocycles. The predicted octanol–water partition coefficient (Wildman–Crippen LogP) is 6.87. The maximum Gasteiger partial charge on any atom is 0.123 e. The molecule has 148 valence electrons. The van der Waals surface area contributed by atoms with Gasteiger partial charge in [0.15, 0.2) is 0 Å². The molecule has 0 spiro atoms. The van der Waals surface area contributed by atoms with Gasteiger partial charge in [0.25, 0.3) is 0 Å². The Morgan fingerprint density at radius 3 is 2.57 bits per heavy atom. The number of hydrogen-bond donors (Lipinski definition) is 0. The van der Waals surface area contributed by atoms with E-state index in [0.717, 1.165) is 19.4 Å². The highest BCUT2D eigenvalue weighted by Gasteiger charge is 2.48. The molecule has 0 bridgehead atoms. The van der Waals surface area contributed by atoms with Crippen LogP contribution in [0.3, 0.4) is 0 Å². The Balaban J connectivity index is 1.54. The molecule has 2 heterocycles. The first-order chi connectivity index (χ1) is 14.8. The van der Waals surface area contributed by atoms with E-state index in [1.807, 2.05) is 12.1 Å². The molecule has 2 heteroatoms. The number of allylic oxidation sites excluding steroid dienone is 4. The fourth-order valence-corrected chi connectivity index (χ4v) is 6.77. The van der Waals surface area contributed by atoms with Crippen molar-refractivity contribution in [2.75, 3.05) is 11.4 Å². The van der Waals surface area contributed by atoms with Gasteiger partial charge in [-0.15, -0.1) is 0 Å². The van der Waals surface area contributed by atoms with Crippen LogP contribution in [0.5, 0.6) is 0 Å². The minimum absolute atomic E-state index is 0.151. The van der Waals surface area contributed by atoms with E-state index in [4.69, 9.17) is 0 Å². The van der Waals surface area contributed by atoms with Crippen LogP contribution in [0.2, 0.25) is 0 Å². The molecule has 2 aliphatic carbocycles. The number of hydrogen-bond acceptors (Lipinski definition) is 1. The van der Waals surface area contributed by atoms with E-state index in [9.17, 15) is 4.39 Å². The van der Waals surface area contributed by atoms with Crippen LogP contribution < -0.4 is 4.90 Å². The zero-order valence-corrected chi connectivity index (χ0v) is 16.8. The standard InChI is InChI=1S/C28H24FN/c29-20-13-11-17(12-14-20)27-24-10-4-9-23(24)26-22-7-2-1-5-18(22)15-25-21-8-3-6-19(21)16-30(27)28(25)26/h1-5,7-9,11-15,19,21,23-24,27H,6,10,16H2. The molecule has 4 aliphatic rings. The summed E-state index contributed by atoms with van der Waals surface area (Å²) < 4.78 is 13.7. The van der Waals surface area contributed by atoms with Gasteiger partial charge in [-0.2, -0.15) is 0 Å². The molecule has 5 unspecified atom stereocenters. The van der Waals surface area contributed by atoms with Crippen LogP contribution >= 0.6 is 0 Å². The molecule has 7 rings (SSSR count). The van der Waals surface area contributed by atoms with Gasteiger partial charge in [0.05, 0.1) is 6.04 Å². The molecule has 30 heavy (non-hydrogen) atoms. The highest BCUT2D eigenvalue weighted by Crippen LogP contribution is 2.60. The second kappa shape index (κ2) is 6.07. The molecule has 0 amide bonds. The number of anilines is 1. The van der Waals surface area contributed by atoms with Crippen molar-refractivity contribution in [2.24, 2.45) is 11.8 Å². The van der Waals surface area contributed by atoms with Crippen LogP contribution in [-0.4, -0.2) is 6.54 Å². The largest absolute Gasteiger partial charge is 0.363 e. The van der Waals surface area contributed by atoms with E-state index in [-0.39, 0.29) is 5.82 Å². The van der Waals surface area contributed by atoms with Gasteiger partial charge >= 0.3 is 0 Å². The topological polar surface area (TPSA) is 3.24 Å².